The molecule has 0 heterocycles. The van der Waals surface area contributed by atoms with Crippen LogP contribution in [0.5, 0.6) is 0 Å². The smallest absolute Gasteiger partial charge is 0.264 e. The maximum Gasteiger partial charge on any atom is 0.264 e. The maximum atomic E-state index is 13.3. The number of benzene rings is 3. The van der Waals surface area contributed by atoms with Crippen LogP contribution in [0.2, 0.25) is 0 Å². The zero-order valence-corrected chi connectivity index (χ0v) is 18.9. The van der Waals surface area contributed by atoms with Crippen LogP contribution in [0.25, 0.3) is 0 Å². The predicted molar refractivity (Wildman–Crippen MR) is 122 cm³/mol. The van der Waals surface area contributed by atoms with Crippen LogP contribution >= 0.6 is 15.9 Å². The molecule has 0 aliphatic heterocycles. The molecule has 3 rings (SSSR count). The third-order valence-electron chi connectivity index (χ3n) is 4.28. The predicted octanol–water partition coefficient (Wildman–Crippen LogP) is 4.24. The lowest BCUT2D eigenvalue weighted by Crippen LogP contribution is -2.39. The van der Waals surface area contributed by atoms with E-state index in [1.165, 1.54) is 6.21 Å². The Bertz CT molecular complexity index is 1180. The van der Waals surface area contributed by atoms with Gasteiger partial charge in [0.2, 0.25) is 0 Å². The van der Waals surface area contributed by atoms with Gasteiger partial charge in [0.15, 0.2) is 0 Å². The molecule has 0 bridgehead atoms. The second-order valence-corrected chi connectivity index (χ2v) is 9.42. The Morgan fingerprint density at radius 2 is 1.65 bits per heavy atom. The van der Waals surface area contributed by atoms with Crippen LogP contribution in [0.15, 0.2) is 87.3 Å². The number of halogens is 2. The van der Waals surface area contributed by atoms with Crippen molar-refractivity contribution < 1.29 is 17.6 Å². The van der Waals surface area contributed by atoms with Gasteiger partial charge in [0.1, 0.15) is 12.4 Å². The van der Waals surface area contributed by atoms with Gasteiger partial charge in [-0.25, -0.2) is 18.2 Å². The molecular weight excluding hydrogens is 485 g/mol. The van der Waals surface area contributed by atoms with E-state index in [1.54, 1.807) is 36.4 Å². The summed E-state index contributed by atoms with van der Waals surface area (Å²) in [7, 11) is -4.11. The number of carbonyl (C=O) groups excluding carboxylic acids is 1. The molecule has 0 spiro atoms. The Hall–Kier alpha value is -3.04. The van der Waals surface area contributed by atoms with Gasteiger partial charge in [0.25, 0.3) is 15.9 Å². The molecule has 1 N–H and O–H groups in total. The van der Waals surface area contributed by atoms with Crippen molar-refractivity contribution in [1.82, 2.24) is 5.43 Å². The van der Waals surface area contributed by atoms with Crippen molar-refractivity contribution >= 4 is 43.8 Å². The molecule has 3 aromatic rings. The highest BCUT2D eigenvalue weighted by Crippen LogP contribution is 2.24. The summed E-state index contributed by atoms with van der Waals surface area (Å²) in [5.41, 5.74) is 4.35. The first kappa shape index (κ1) is 22.6. The Balaban J connectivity index is 1.82. The van der Waals surface area contributed by atoms with Crippen LogP contribution in [0.4, 0.5) is 10.1 Å². The average Bonchev–Trinajstić information content (AvgIpc) is 2.74. The van der Waals surface area contributed by atoms with Gasteiger partial charge in [-0.15, -0.1) is 0 Å². The van der Waals surface area contributed by atoms with Crippen molar-refractivity contribution in [2.75, 3.05) is 10.8 Å². The zero-order valence-electron chi connectivity index (χ0n) is 16.5. The van der Waals surface area contributed by atoms with Crippen molar-refractivity contribution in [3.8, 4) is 0 Å². The molecule has 0 aromatic heterocycles. The Morgan fingerprint density at radius 1 is 1.03 bits per heavy atom. The van der Waals surface area contributed by atoms with E-state index in [0.29, 0.717) is 5.69 Å². The number of anilines is 1. The lowest BCUT2D eigenvalue weighted by molar-refractivity contribution is -0.119. The number of hydrogen-bond donors (Lipinski definition) is 1. The number of sulfonamides is 1. The number of nitrogens with zero attached hydrogens (tertiary/aromatic N) is 2. The number of nitrogens with one attached hydrogen (secondary N) is 1. The lowest BCUT2D eigenvalue weighted by atomic mass is 10.2. The third kappa shape index (κ3) is 5.99. The minimum Gasteiger partial charge on any atom is -0.271 e. The molecule has 0 atom stereocenters. The molecule has 0 aliphatic carbocycles. The van der Waals surface area contributed by atoms with Crippen LogP contribution in [-0.4, -0.2) is 27.1 Å². The molecule has 0 saturated heterocycles. The topological polar surface area (TPSA) is 78.8 Å². The van der Waals surface area contributed by atoms with Gasteiger partial charge in [0.05, 0.1) is 16.8 Å². The van der Waals surface area contributed by atoms with Crippen molar-refractivity contribution in [2.45, 2.75) is 11.8 Å². The fourth-order valence-electron chi connectivity index (χ4n) is 2.65. The van der Waals surface area contributed by atoms with Crippen LogP contribution in [0.1, 0.15) is 11.1 Å². The van der Waals surface area contributed by atoms with Crippen LogP contribution in [0, 0.1) is 12.7 Å². The van der Waals surface area contributed by atoms with Crippen LogP contribution in [0.3, 0.4) is 0 Å². The van der Waals surface area contributed by atoms with Crippen LogP contribution < -0.4 is 9.73 Å². The molecule has 1 amide bonds. The van der Waals surface area contributed by atoms with Crippen LogP contribution in [-0.2, 0) is 14.8 Å². The van der Waals surface area contributed by atoms with E-state index in [1.807, 2.05) is 19.1 Å². The van der Waals surface area contributed by atoms with E-state index in [4.69, 9.17) is 0 Å². The standard InChI is InChI=1S/C22H19BrFN3O3S/c1-16-2-10-20(11-3-16)27(31(29,30)21-12-8-19(24)9-13-21)15-22(28)26-25-14-17-4-6-18(23)7-5-17/h2-14H,15H2,1H3,(H,26,28). The van der Waals surface area contributed by atoms with Crippen molar-refractivity contribution in [1.29, 1.82) is 0 Å². The minimum absolute atomic E-state index is 0.124. The average molecular weight is 504 g/mol. The molecule has 0 unspecified atom stereocenters. The summed E-state index contributed by atoms with van der Waals surface area (Å²) in [6.07, 6.45) is 1.45. The first-order chi connectivity index (χ1) is 14.8. The lowest BCUT2D eigenvalue weighted by Gasteiger charge is -2.23. The summed E-state index contributed by atoms with van der Waals surface area (Å²) in [5.74, 6) is -1.18. The van der Waals surface area contributed by atoms with Gasteiger partial charge < -0.3 is 0 Å². The molecule has 0 aliphatic rings. The Kier molecular flexibility index (Phi) is 7.19. The molecule has 160 valence electrons. The van der Waals surface area contributed by atoms with E-state index >= 15 is 0 Å². The molecule has 0 saturated carbocycles. The van der Waals surface area contributed by atoms with E-state index in [0.717, 1.165) is 44.2 Å². The number of rotatable bonds is 7. The highest BCUT2D eigenvalue weighted by atomic mass is 79.9. The summed E-state index contributed by atoms with van der Waals surface area (Å²) in [5, 5.41) is 3.89. The summed E-state index contributed by atoms with van der Waals surface area (Å²) < 4.78 is 41.5. The van der Waals surface area contributed by atoms with Crippen molar-refractivity contribution in [3.63, 3.8) is 0 Å². The normalized spacial score (nSPS) is 11.5. The summed E-state index contributed by atoms with van der Waals surface area (Å²) in [4.78, 5) is 12.3. The second kappa shape index (κ2) is 9.84. The third-order valence-corrected chi connectivity index (χ3v) is 6.60. The van der Waals surface area contributed by atoms with E-state index in [-0.39, 0.29) is 4.90 Å². The molecular formula is C22H19BrFN3O3S. The van der Waals surface area contributed by atoms with E-state index in [2.05, 4.69) is 26.5 Å². The molecule has 31 heavy (non-hydrogen) atoms. The summed E-state index contributed by atoms with van der Waals surface area (Å²) in [6, 6.07) is 18.4. The number of aryl methyl sites for hydroxylation is 1. The van der Waals surface area contributed by atoms with Gasteiger partial charge in [-0.1, -0.05) is 45.8 Å². The Labute approximate surface area is 188 Å². The van der Waals surface area contributed by atoms with Gasteiger partial charge in [0, 0.05) is 4.47 Å². The molecule has 0 fully saturated rings. The second-order valence-electron chi connectivity index (χ2n) is 6.65. The fourth-order valence-corrected chi connectivity index (χ4v) is 4.34. The van der Waals surface area contributed by atoms with Gasteiger partial charge in [-0.2, -0.15) is 5.10 Å². The monoisotopic (exact) mass is 503 g/mol. The number of hydrogen-bond acceptors (Lipinski definition) is 4. The Morgan fingerprint density at radius 3 is 2.26 bits per heavy atom. The SMILES string of the molecule is Cc1ccc(N(CC(=O)NN=Cc2ccc(Br)cc2)S(=O)(=O)c2ccc(F)cc2)cc1. The van der Waals surface area contributed by atoms with E-state index in [9.17, 15) is 17.6 Å². The highest BCUT2D eigenvalue weighted by Gasteiger charge is 2.27. The first-order valence-corrected chi connectivity index (χ1v) is 11.4. The largest absolute Gasteiger partial charge is 0.271 e. The maximum absolute atomic E-state index is 13.3. The quantitative estimate of drug-likeness (QED) is 0.386. The zero-order chi connectivity index (χ0) is 22.4. The number of hydrazone groups is 1. The fraction of sp³-hybridized carbons (Fsp3) is 0.0909. The molecule has 6 nitrogen and oxygen atoms in total. The first-order valence-electron chi connectivity index (χ1n) is 9.18. The van der Waals surface area contributed by atoms with E-state index < -0.39 is 28.3 Å². The number of carbonyl (C=O) groups is 1. The van der Waals surface area contributed by atoms with Crippen molar-refractivity contribution in [3.05, 3.63) is 94.2 Å². The van der Waals surface area contributed by atoms with Crippen molar-refractivity contribution in [2.24, 2.45) is 5.10 Å². The van der Waals surface area contributed by atoms with Gasteiger partial charge in [-0.05, 0) is 61.0 Å². The molecule has 3 aromatic carbocycles. The van der Waals surface area contributed by atoms with Gasteiger partial charge >= 0.3 is 0 Å². The van der Waals surface area contributed by atoms with Gasteiger partial charge in [-0.3, -0.25) is 9.10 Å². The molecule has 9 heteroatoms. The summed E-state index contributed by atoms with van der Waals surface area (Å²) in [6.45, 7) is 1.37. The number of amides is 1. The highest BCUT2D eigenvalue weighted by molar-refractivity contribution is 9.10. The minimum atomic E-state index is -4.11. The summed E-state index contributed by atoms with van der Waals surface area (Å²) >= 11 is 3.33. The molecule has 0 radical (unpaired) electrons.